The van der Waals surface area contributed by atoms with Crippen molar-refractivity contribution >= 4 is 23.4 Å². The lowest BCUT2D eigenvalue weighted by molar-refractivity contribution is -0.199. The van der Waals surface area contributed by atoms with Crippen molar-refractivity contribution in [3.63, 3.8) is 0 Å². The molecule has 0 aromatic heterocycles. The summed E-state index contributed by atoms with van der Waals surface area (Å²) >= 11 is 6.02. The van der Waals surface area contributed by atoms with Crippen molar-refractivity contribution in [1.29, 1.82) is 0 Å². The molecule has 1 unspecified atom stereocenters. The third-order valence-corrected chi connectivity index (χ3v) is 5.16. The van der Waals surface area contributed by atoms with Crippen LogP contribution in [0.5, 0.6) is 0 Å². The number of halogens is 4. The minimum absolute atomic E-state index is 0.0947. The number of hydrogen-bond acceptors (Lipinski definition) is 3. The molecule has 2 N–H and O–H groups in total. The molecule has 0 bridgehead atoms. The van der Waals surface area contributed by atoms with Gasteiger partial charge in [0.2, 0.25) is 11.8 Å². The van der Waals surface area contributed by atoms with Crippen molar-refractivity contribution in [3.05, 3.63) is 34.9 Å². The summed E-state index contributed by atoms with van der Waals surface area (Å²) in [4.78, 5) is 26.3. The molecule has 1 aromatic rings. The first-order chi connectivity index (χ1) is 12.4. The van der Waals surface area contributed by atoms with E-state index < -0.39 is 42.2 Å². The second kappa shape index (κ2) is 8.06. The molecule has 1 aliphatic rings. The highest BCUT2D eigenvalue weighted by Gasteiger charge is 2.54. The number of carbonyl (C=O) groups is 2. The summed E-state index contributed by atoms with van der Waals surface area (Å²) in [6.45, 7) is 2.50. The predicted molar refractivity (Wildman–Crippen MR) is 96.0 cm³/mol. The number of alkyl halides is 3. The molecule has 5 nitrogen and oxygen atoms in total. The van der Waals surface area contributed by atoms with Gasteiger partial charge in [0.1, 0.15) is 6.04 Å². The number of hydrogen-bond donors (Lipinski definition) is 1. The molecule has 0 aliphatic carbocycles. The van der Waals surface area contributed by atoms with Crippen molar-refractivity contribution in [2.24, 2.45) is 5.73 Å². The van der Waals surface area contributed by atoms with E-state index in [1.54, 1.807) is 24.3 Å². The van der Waals surface area contributed by atoms with Gasteiger partial charge in [-0.2, -0.15) is 13.2 Å². The van der Waals surface area contributed by atoms with Crippen LogP contribution in [0.25, 0.3) is 0 Å². The van der Waals surface area contributed by atoms with Crippen molar-refractivity contribution in [1.82, 2.24) is 9.80 Å². The average molecular weight is 406 g/mol. The van der Waals surface area contributed by atoms with E-state index in [0.29, 0.717) is 21.9 Å². The van der Waals surface area contributed by atoms with Crippen LogP contribution in [-0.2, 0) is 9.59 Å². The van der Waals surface area contributed by atoms with Crippen molar-refractivity contribution in [3.8, 4) is 0 Å². The molecule has 0 spiro atoms. The molecule has 4 atom stereocenters. The van der Waals surface area contributed by atoms with Crippen LogP contribution in [0.1, 0.15) is 38.3 Å². The van der Waals surface area contributed by atoms with Crippen LogP contribution in [0.15, 0.2) is 24.3 Å². The highest BCUT2D eigenvalue weighted by molar-refractivity contribution is 6.30. The van der Waals surface area contributed by atoms with E-state index in [2.05, 4.69) is 0 Å². The van der Waals surface area contributed by atoms with Gasteiger partial charge in [-0.15, -0.1) is 0 Å². The Bertz CT molecular complexity index is 711. The zero-order valence-corrected chi connectivity index (χ0v) is 16.1. The summed E-state index contributed by atoms with van der Waals surface area (Å²) < 4.78 is 41.5. The number of likely N-dealkylation sites (N-methyl/N-ethyl adjacent to an activating group) is 1. The maximum absolute atomic E-state index is 13.8. The fourth-order valence-corrected chi connectivity index (χ4v) is 3.83. The molecule has 0 saturated carbocycles. The second-order valence-electron chi connectivity index (χ2n) is 6.87. The average Bonchev–Trinajstić information content (AvgIpc) is 2.96. The molecular weight excluding hydrogens is 383 g/mol. The lowest BCUT2D eigenvalue weighted by atomic mass is 10.0. The lowest BCUT2D eigenvalue weighted by Gasteiger charge is -2.40. The Morgan fingerprint density at radius 3 is 2.44 bits per heavy atom. The van der Waals surface area contributed by atoms with Crippen LogP contribution in [-0.4, -0.2) is 53.0 Å². The van der Waals surface area contributed by atoms with Gasteiger partial charge < -0.3 is 15.5 Å². The Balaban J connectivity index is 2.51. The first-order valence-electron chi connectivity index (χ1n) is 8.58. The quantitative estimate of drug-likeness (QED) is 0.836. The third-order valence-electron chi connectivity index (χ3n) is 4.92. The van der Waals surface area contributed by atoms with Crippen LogP contribution in [0.2, 0.25) is 5.02 Å². The summed E-state index contributed by atoms with van der Waals surface area (Å²) in [5.74, 6) is -1.31. The Kier molecular flexibility index (Phi) is 6.42. The Labute approximate surface area is 161 Å². The number of rotatable bonds is 4. The smallest absolute Gasteiger partial charge is 0.332 e. The summed E-state index contributed by atoms with van der Waals surface area (Å²) in [6.07, 6.45) is -4.27. The molecule has 1 aliphatic heterocycles. The molecule has 2 amide bonds. The molecular formula is C18H23ClF3N3O2. The van der Waals surface area contributed by atoms with Crippen LogP contribution < -0.4 is 5.73 Å². The monoisotopic (exact) mass is 405 g/mol. The molecule has 2 rings (SSSR count). The van der Waals surface area contributed by atoms with Gasteiger partial charge in [0, 0.05) is 19.0 Å². The van der Waals surface area contributed by atoms with Crippen molar-refractivity contribution in [2.45, 2.75) is 57.0 Å². The summed E-state index contributed by atoms with van der Waals surface area (Å²) in [5, 5.41) is 0.428. The number of carbonyl (C=O) groups excluding carboxylic acids is 2. The second-order valence-corrected chi connectivity index (χ2v) is 7.30. The minimum atomic E-state index is -4.69. The van der Waals surface area contributed by atoms with Gasteiger partial charge in [-0.3, -0.25) is 9.59 Å². The predicted octanol–water partition coefficient (Wildman–Crippen LogP) is 3.13. The molecule has 9 heteroatoms. The number of amides is 2. The lowest BCUT2D eigenvalue weighted by Crippen LogP contribution is -2.59. The number of benzene rings is 1. The van der Waals surface area contributed by atoms with Crippen LogP contribution >= 0.6 is 11.6 Å². The van der Waals surface area contributed by atoms with Crippen LogP contribution in [0.3, 0.4) is 0 Å². The molecule has 150 valence electrons. The molecule has 1 heterocycles. The van der Waals surface area contributed by atoms with Gasteiger partial charge in [-0.25, -0.2) is 0 Å². The van der Waals surface area contributed by atoms with E-state index in [0.717, 1.165) is 14.0 Å². The normalized spacial score (nSPS) is 22.4. The van der Waals surface area contributed by atoms with E-state index in [-0.39, 0.29) is 6.42 Å². The van der Waals surface area contributed by atoms with Gasteiger partial charge in [0.15, 0.2) is 0 Å². The van der Waals surface area contributed by atoms with E-state index >= 15 is 0 Å². The molecule has 27 heavy (non-hydrogen) atoms. The van der Waals surface area contributed by atoms with Crippen molar-refractivity contribution < 1.29 is 22.8 Å². The molecule has 1 fully saturated rings. The number of nitrogens with zero attached hydrogens (tertiary/aromatic N) is 2. The van der Waals surface area contributed by atoms with Gasteiger partial charge in [0.25, 0.3) is 0 Å². The maximum Gasteiger partial charge on any atom is 0.410 e. The SMILES string of the molecule is CC(=O)N(C)C([C@H]1CC[C@@H](c2cccc(Cl)c2)N1C(=O)[C@@H](C)N)C(F)(F)F. The fraction of sp³-hybridized carbons (Fsp3) is 0.556. The Morgan fingerprint density at radius 2 is 1.96 bits per heavy atom. The highest BCUT2D eigenvalue weighted by Crippen LogP contribution is 2.42. The Hall–Kier alpha value is -1.80. The van der Waals surface area contributed by atoms with Gasteiger partial charge in [-0.05, 0) is 37.5 Å². The summed E-state index contributed by atoms with van der Waals surface area (Å²) in [7, 11) is 1.10. The standard InChI is InChI=1S/C18H23ClF3N3O2/c1-10(23)17(27)25-14(12-5-4-6-13(19)9-12)7-8-15(25)16(18(20,21)22)24(3)11(2)26/h4-6,9-10,14-16H,7-8,23H2,1-3H3/t10-,14+,15-,16?/m1/s1. The largest absolute Gasteiger partial charge is 0.410 e. The number of likely N-dealkylation sites (tertiary alicyclic amines) is 1. The topological polar surface area (TPSA) is 66.6 Å². The first kappa shape index (κ1) is 21.5. The van der Waals surface area contributed by atoms with E-state index in [9.17, 15) is 22.8 Å². The van der Waals surface area contributed by atoms with Crippen LogP contribution in [0, 0.1) is 0 Å². The highest BCUT2D eigenvalue weighted by atomic mass is 35.5. The minimum Gasteiger partial charge on any atom is -0.332 e. The van der Waals surface area contributed by atoms with Crippen molar-refractivity contribution in [2.75, 3.05) is 7.05 Å². The summed E-state index contributed by atoms with van der Waals surface area (Å²) in [5.41, 5.74) is 6.36. The van der Waals surface area contributed by atoms with Gasteiger partial charge >= 0.3 is 6.18 Å². The van der Waals surface area contributed by atoms with E-state index in [1.807, 2.05) is 0 Å². The molecule has 1 aromatic carbocycles. The Morgan fingerprint density at radius 1 is 1.33 bits per heavy atom. The first-order valence-corrected chi connectivity index (χ1v) is 8.96. The zero-order valence-electron chi connectivity index (χ0n) is 15.3. The van der Waals surface area contributed by atoms with Gasteiger partial charge in [-0.1, -0.05) is 23.7 Å². The zero-order chi connectivity index (χ0) is 20.5. The van der Waals surface area contributed by atoms with E-state index in [4.69, 9.17) is 17.3 Å². The van der Waals surface area contributed by atoms with Crippen LogP contribution in [0.4, 0.5) is 13.2 Å². The molecule has 1 saturated heterocycles. The maximum atomic E-state index is 13.8. The van der Waals surface area contributed by atoms with E-state index in [1.165, 1.54) is 11.8 Å². The third kappa shape index (κ3) is 4.55. The number of nitrogens with two attached hydrogens (primary N) is 1. The fourth-order valence-electron chi connectivity index (χ4n) is 3.63. The summed E-state index contributed by atoms with van der Waals surface area (Å²) in [6, 6.07) is 1.80. The van der Waals surface area contributed by atoms with Gasteiger partial charge in [0.05, 0.1) is 18.1 Å². The molecule has 0 radical (unpaired) electrons.